The molecule has 3 amide bonds. The number of ether oxygens (including phenoxy) is 4. The van der Waals surface area contributed by atoms with Crippen LogP contribution in [0.2, 0.25) is 5.02 Å². The first-order valence-electron chi connectivity index (χ1n) is 19.7. The van der Waals surface area contributed by atoms with Crippen LogP contribution in [0.25, 0.3) is 22.3 Å². The van der Waals surface area contributed by atoms with Crippen molar-refractivity contribution in [3.8, 4) is 22.9 Å². The van der Waals surface area contributed by atoms with Crippen molar-refractivity contribution >= 4 is 62.8 Å². The van der Waals surface area contributed by atoms with Crippen molar-refractivity contribution in [2.45, 2.75) is 121 Å². The van der Waals surface area contributed by atoms with Crippen LogP contribution in [0.1, 0.15) is 73.1 Å². The SMILES string of the molecule is C=CC1C[C@]1(NC(=O)C1C[C@@H](Oc2cc(-c3csc(NC(C)C)n3)nc3c(Cl)c(OC)ccc23)CN1C(=O)C(NC(=O)O[C@H]1C[C@H]2CC[C@@H](C1)O2)C(C)(C)C)C(=O)O. The third-order valence-corrected chi connectivity index (χ3v) is 12.4. The highest BCUT2D eigenvalue weighted by molar-refractivity contribution is 7.14. The summed E-state index contributed by atoms with van der Waals surface area (Å²) in [6, 6.07) is 3.12. The summed E-state index contributed by atoms with van der Waals surface area (Å²) in [5.41, 5.74) is -0.893. The number of hydrogen-bond donors (Lipinski definition) is 4. The Kier molecular flexibility index (Phi) is 11.6. The lowest BCUT2D eigenvalue weighted by atomic mass is 9.85. The average Bonchev–Trinajstić information content (AvgIpc) is 3.42. The van der Waals surface area contributed by atoms with E-state index in [1.165, 1.54) is 29.4 Å². The molecule has 15 nitrogen and oxygen atoms in total. The molecule has 0 spiro atoms. The van der Waals surface area contributed by atoms with Gasteiger partial charge in [0.1, 0.15) is 52.0 Å². The van der Waals surface area contributed by atoms with Crippen molar-refractivity contribution in [1.82, 2.24) is 25.5 Å². The quantitative estimate of drug-likeness (QED) is 0.143. The molecule has 3 aromatic rings. The zero-order valence-corrected chi connectivity index (χ0v) is 35.1. The molecule has 2 aromatic heterocycles. The van der Waals surface area contributed by atoms with Gasteiger partial charge in [-0.3, -0.25) is 9.59 Å². The first-order chi connectivity index (χ1) is 27.5. The fourth-order valence-corrected chi connectivity index (χ4v) is 9.33. The van der Waals surface area contributed by atoms with Crippen LogP contribution in [-0.4, -0.2) is 106 Å². The number of benzene rings is 1. The summed E-state index contributed by atoms with van der Waals surface area (Å²) >= 11 is 8.25. The number of anilines is 1. The van der Waals surface area contributed by atoms with Crippen LogP contribution in [0, 0.1) is 11.3 Å². The summed E-state index contributed by atoms with van der Waals surface area (Å²) in [5.74, 6) is -2.07. The minimum absolute atomic E-state index is 0.0143. The number of nitrogens with zero attached hydrogens (tertiary/aromatic N) is 3. The number of pyridine rings is 1. The van der Waals surface area contributed by atoms with E-state index in [0.717, 1.165) is 12.8 Å². The van der Waals surface area contributed by atoms with Gasteiger partial charge in [0.2, 0.25) is 11.8 Å². The Morgan fingerprint density at radius 3 is 2.43 bits per heavy atom. The highest BCUT2D eigenvalue weighted by Crippen LogP contribution is 2.45. The molecule has 0 radical (unpaired) electrons. The van der Waals surface area contributed by atoms with Crippen molar-refractivity contribution in [2.24, 2.45) is 11.3 Å². The molecule has 1 saturated carbocycles. The predicted octanol–water partition coefficient (Wildman–Crippen LogP) is 6.19. The Bertz CT molecular complexity index is 2090. The summed E-state index contributed by atoms with van der Waals surface area (Å²) in [7, 11) is 1.51. The second-order valence-corrected chi connectivity index (χ2v) is 18.3. The van der Waals surface area contributed by atoms with Gasteiger partial charge >= 0.3 is 12.1 Å². The topological polar surface area (TPSA) is 191 Å². The molecule has 2 bridgehead atoms. The third-order valence-electron chi connectivity index (χ3n) is 11.3. The number of methoxy groups -OCH3 is 1. The lowest BCUT2D eigenvalue weighted by Crippen LogP contribution is -2.59. The van der Waals surface area contributed by atoms with Crippen LogP contribution in [0.4, 0.5) is 9.93 Å². The summed E-state index contributed by atoms with van der Waals surface area (Å²) in [6.45, 7) is 13.1. The van der Waals surface area contributed by atoms with Crippen LogP contribution in [0.3, 0.4) is 0 Å². The average molecular weight is 839 g/mol. The van der Waals surface area contributed by atoms with Gasteiger partial charge in [0.15, 0.2) is 5.13 Å². The van der Waals surface area contributed by atoms with Gasteiger partial charge in [-0.05, 0) is 50.7 Å². The van der Waals surface area contributed by atoms with Crippen molar-refractivity contribution in [2.75, 3.05) is 19.0 Å². The number of carboxylic acids is 1. The summed E-state index contributed by atoms with van der Waals surface area (Å²) in [4.78, 5) is 65.8. The highest BCUT2D eigenvalue weighted by Gasteiger charge is 2.61. The molecule has 5 heterocycles. The van der Waals surface area contributed by atoms with Gasteiger partial charge in [0.05, 0.1) is 37.1 Å². The Morgan fingerprint density at radius 1 is 1.09 bits per heavy atom. The summed E-state index contributed by atoms with van der Waals surface area (Å²) in [5, 5.41) is 22.4. The third kappa shape index (κ3) is 8.41. The molecule has 4 aliphatic rings. The van der Waals surface area contributed by atoms with E-state index in [4.69, 9.17) is 40.5 Å². The molecule has 3 aliphatic heterocycles. The van der Waals surface area contributed by atoms with Crippen LogP contribution < -0.4 is 25.4 Å². The highest BCUT2D eigenvalue weighted by atomic mass is 35.5. The minimum atomic E-state index is -1.54. The fourth-order valence-electron chi connectivity index (χ4n) is 8.20. The Labute approximate surface area is 346 Å². The number of carboxylic acid groups (broad SMARTS) is 1. The Morgan fingerprint density at radius 2 is 1.81 bits per heavy atom. The first-order valence-corrected chi connectivity index (χ1v) is 20.9. The number of alkyl carbamates (subject to hydrolysis) is 1. The largest absolute Gasteiger partial charge is 0.495 e. The van der Waals surface area contributed by atoms with Crippen LogP contribution in [0.15, 0.2) is 36.2 Å². The molecule has 7 rings (SSSR count). The summed E-state index contributed by atoms with van der Waals surface area (Å²) in [6.07, 6.45) is 2.97. The van der Waals surface area contributed by atoms with E-state index < -0.39 is 58.9 Å². The number of rotatable bonds is 13. The number of hydrogen-bond acceptors (Lipinski definition) is 12. The molecular formula is C41H51ClN6O9S. The lowest BCUT2D eigenvalue weighted by molar-refractivity contribution is -0.146. The lowest BCUT2D eigenvalue weighted by Gasteiger charge is -2.36. The van der Waals surface area contributed by atoms with Gasteiger partial charge in [-0.1, -0.05) is 38.4 Å². The number of thiazole rings is 1. The molecule has 1 aliphatic carbocycles. The minimum Gasteiger partial charge on any atom is -0.495 e. The fraction of sp³-hybridized carbons (Fsp3) is 0.561. The van der Waals surface area contributed by atoms with E-state index in [-0.39, 0.29) is 48.8 Å². The standard InChI is InChI=1S/C41H51ClN6O9S/c1-8-21-17-41(21,37(51)52)47-35(49)29-15-25(18-48(29)36(50)34(40(4,5)6)46-39(53)57-24-13-22-9-10-23(14-24)55-22)56-31-16-27(28-19-58-38(45-28)43-20(2)3)44-33-26(31)11-12-30(54-7)32(33)42/h8,11-12,16,19-25,29,34H,1,9-10,13-15,17-18H2,2-7H3,(H,43,45)(H,46,53)(H,47,49)(H,51,52)/t21?,22-,23+,24+,25-,29?,34?,41-/m1/s1. The molecular weight excluding hydrogens is 788 g/mol. The molecule has 58 heavy (non-hydrogen) atoms. The Balaban J connectivity index is 1.20. The zero-order valence-electron chi connectivity index (χ0n) is 33.5. The van der Waals surface area contributed by atoms with Crippen LogP contribution >= 0.6 is 22.9 Å². The van der Waals surface area contributed by atoms with Gasteiger partial charge in [-0.2, -0.15) is 0 Å². The molecule has 3 saturated heterocycles. The number of aromatic nitrogens is 2. The van der Waals surface area contributed by atoms with E-state index in [9.17, 15) is 24.3 Å². The van der Waals surface area contributed by atoms with E-state index in [1.54, 1.807) is 18.2 Å². The number of carbonyl (C=O) groups is 4. The van der Waals surface area contributed by atoms with E-state index in [0.29, 0.717) is 51.8 Å². The number of carbonyl (C=O) groups excluding carboxylic acids is 3. The van der Waals surface area contributed by atoms with Crippen molar-refractivity contribution in [3.63, 3.8) is 0 Å². The first kappa shape index (κ1) is 41.5. The number of amides is 3. The number of halogens is 1. The van der Waals surface area contributed by atoms with Crippen molar-refractivity contribution in [3.05, 3.63) is 41.3 Å². The smallest absolute Gasteiger partial charge is 0.408 e. The van der Waals surface area contributed by atoms with Gasteiger partial charge in [-0.15, -0.1) is 17.9 Å². The molecule has 312 valence electrons. The van der Waals surface area contributed by atoms with Gasteiger partial charge in [0.25, 0.3) is 0 Å². The van der Waals surface area contributed by atoms with Crippen molar-refractivity contribution in [1.29, 1.82) is 0 Å². The van der Waals surface area contributed by atoms with E-state index >= 15 is 0 Å². The molecule has 3 unspecified atom stereocenters. The van der Waals surface area contributed by atoms with Crippen molar-refractivity contribution < 1.29 is 43.2 Å². The maximum absolute atomic E-state index is 14.7. The predicted molar refractivity (Wildman–Crippen MR) is 218 cm³/mol. The normalized spacial score (nSPS) is 26.9. The molecule has 1 aromatic carbocycles. The number of fused-ring (bicyclic) bond motifs is 3. The van der Waals surface area contributed by atoms with Crippen LogP contribution in [0.5, 0.6) is 11.5 Å². The maximum atomic E-state index is 14.7. The number of nitrogens with one attached hydrogen (secondary N) is 3. The second-order valence-electron chi connectivity index (χ2n) is 17.0. The summed E-state index contributed by atoms with van der Waals surface area (Å²) < 4.78 is 23.9. The molecule has 8 atom stereocenters. The van der Waals surface area contributed by atoms with Gasteiger partial charge < -0.3 is 44.9 Å². The van der Waals surface area contributed by atoms with E-state index in [2.05, 4.69) is 22.5 Å². The molecule has 4 fully saturated rings. The maximum Gasteiger partial charge on any atom is 0.408 e. The number of aliphatic carboxylic acids is 1. The van der Waals surface area contributed by atoms with Gasteiger partial charge in [0, 0.05) is 48.1 Å². The number of likely N-dealkylation sites (tertiary alicyclic amines) is 1. The van der Waals surface area contributed by atoms with E-state index in [1.807, 2.05) is 40.0 Å². The molecule has 4 N–H and O–H groups in total. The van der Waals surface area contributed by atoms with Crippen LogP contribution in [-0.2, 0) is 23.9 Å². The zero-order chi connectivity index (χ0) is 41.7. The molecule has 17 heteroatoms. The second kappa shape index (κ2) is 16.2. The van der Waals surface area contributed by atoms with Gasteiger partial charge in [-0.25, -0.2) is 19.6 Å². The Hall–Kier alpha value is -4.67. The monoisotopic (exact) mass is 838 g/mol.